The molecule has 0 bridgehead atoms. The maximum atomic E-state index is 14.5. The summed E-state index contributed by atoms with van der Waals surface area (Å²) in [6, 6.07) is 0.766. The van der Waals surface area contributed by atoms with Crippen molar-refractivity contribution in [2.75, 3.05) is 13.2 Å². The van der Waals surface area contributed by atoms with Crippen LogP contribution in [-0.2, 0) is 23.9 Å². The first-order chi connectivity index (χ1) is 25.4. The van der Waals surface area contributed by atoms with Crippen molar-refractivity contribution in [2.24, 2.45) is 5.92 Å². The quantitative estimate of drug-likeness (QED) is 0.190. The van der Waals surface area contributed by atoms with Crippen LogP contribution in [-0.4, -0.2) is 84.9 Å². The molecule has 1 saturated heterocycles. The normalized spacial score (nSPS) is 24.9. The zero-order chi connectivity index (χ0) is 37.8. The van der Waals surface area contributed by atoms with Gasteiger partial charge in [-0.25, -0.2) is 24.2 Å². The van der Waals surface area contributed by atoms with Gasteiger partial charge in [0, 0.05) is 36.2 Å². The Bertz CT molecular complexity index is 1900. The van der Waals surface area contributed by atoms with Crippen LogP contribution in [0.15, 0.2) is 68.5 Å². The zero-order valence-electron chi connectivity index (χ0n) is 30.3. The van der Waals surface area contributed by atoms with E-state index in [1.165, 1.54) is 32.7 Å². The highest BCUT2D eigenvalue weighted by Crippen LogP contribution is 2.46. The number of hydrogen-bond donors (Lipinski definition) is 2. The number of alkyl carbamates (subject to hydrolysis) is 1. The number of aromatic nitrogens is 4. The summed E-state index contributed by atoms with van der Waals surface area (Å²) in [5.74, 6) is -1.81. The minimum absolute atomic E-state index is 0.0383. The molecule has 0 spiro atoms. The molecule has 0 radical (unpaired) electrons. The lowest BCUT2D eigenvalue weighted by Crippen LogP contribution is -2.56. The van der Waals surface area contributed by atoms with E-state index < -0.39 is 58.7 Å². The minimum atomic E-state index is -1.26. The van der Waals surface area contributed by atoms with Crippen LogP contribution in [0.1, 0.15) is 78.7 Å². The summed E-state index contributed by atoms with van der Waals surface area (Å²) in [4.78, 5) is 80.2. The summed E-state index contributed by atoms with van der Waals surface area (Å²) in [5, 5.41) is 14.5. The van der Waals surface area contributed by atoms with Crippen molar-refractivity contribution in [2.45, 2.75) is 112 Å². The Morgan fingerprint density at radius 1 is 1.15 bits per heavy atom. The van der Waals surface area contributed by atoms with Crippen molar-refractivity contribution in [1.82, 2.24) is 35.3 Å². The Kier molecular flexibility index (Phi) is 11.7. The number of amides is 3. The summed E-state index contributed by atoms with van der Waals surface area (Å²) in [6.07, 6.45) is 11.8. The molecule has 14 nitrogen and oxygen atoms in total. The van der Waals surface area contributed by atoms with Crippen molar-refractivity contribution in [3.63, 3.8) is 0 Å². The molecule has 1 aliphatic carbocycles. The summed E-state index contributed by atoms with van der Waals surface area (Å²) < 4.78 is 12.2. The molecule has 2 N–H and O–H groups in total. The van der Waals surface area contributed by atoms with Crippen molar-refractivity contribution in [3.05, 3.63) is 64.0 Å². The Balaban J connectivity index is 1.37. The Morgan fingerprint density at radius 2 is 1.94 bits per heavy atom. The average molecular weight is 764 g/mol. The second-order valence-corrected chi connectivity index (χ2v) is 16.2. The van der Waals surface area contributed by atoms with Crippen molar-refractivity contribution in [1.29, 1.82) is 0 Å². The van der Waals surface area contributed by atoms with Crippen molar-refractivity contribution < 1.29 is 28.7 Å². The van der Waals surface area contributed by atoms with Gasteiger partial charge in [0.1, 0.15) is 23.2 Å². The summed E-state index contributed by atoms with van der Waals surface area (Å²) >= 11 is 2.66. The first kappa shape index (κ1) is 38.2. The number of nitrogens with zero attached hydrogens (tertiary/aromatic N) is 5. The lowest BCUT2D eigenvalue weighted by molar-refractivity contribution is -0.150. The Hall–Kier alpha value is -4.57. The molecule has 3 amide bonds. The van der Waals surface area contributed by atoms with Crippen LogP contribution >= 0.6 is 23.1 Å². The fourth-order valence-electron chi connectivity index (χ4n) is 6.85. The topological polar surface area (TPSA) is 175 Å². The molecule has 5 atom stereocenters. The van der Waals surface area contributed by atoms with E-state index in [1.54, 1.807) is 52.4 Å². The smallest absolute Gasteiger partial charge is 0.408 e. The van der Waals surface area contributed by atoms with Crippen LogP contribution in [0.4, 0.5) is 4.79 Å². The summed E-state index contributed by atoms with van der Waals surface area (Å²) in [7, 11) is 0. The van der Waals surface area contributed by atoms with Crippen LogP contribution in [0.3, 0.4) is 0 Å². The van der Waals surface area contributed by atoms with Crippen LogP contribution in [0.25, 0.3) is 11.1 Å². The van der Waals surface area contributed by atoms with Gasteiger partial charge in [-0.3, -0.25) is 14.4 Å². The van der Waals surface area contributed by atoms with Gasteiger partial charge in [-0.15, -0.1) is 0 Å². The highest BCUT2D eigenvalue weighted by atomic mass is 32.2. The maximum absolute atomic E-state index is 14.5. The zero-order valence-corrected chi connectivity index (χ0v) is 31.9. The first-order valence-corrected chi connectivity index (χ1v) is 19.7. The molecule has 2 aliphatic heterocycles. The molecule has 3 aliphatic rings. The number of carbonyl (C=O) groups is 4. The van der Waals surface area contributed by atoms with Gasteiger partial charge < -0.3 is 25.0 Å². The van der Waals surface area contributed by atoms with Gasteiger partial charge in [-0.05, 0) is 93.6 Å². The molecule has 3 aromatic rings. The second-order valence-electron chi connectivity index (χ2n) is 14.4. The van der Waals surface area contributed by atoms with Crippen molar-refractivity contribution in [3.8, 4) is 11.1 Å². The Morgan fingerprint density at radius 3 is 2.66 bits per heavy atom. The van der Waals surface area contributed by atoms with Crippen LogP contribution in [0, 0.1) is 5.92 Å². The number of rotatable bonds is 7. The van der Waals surface area contributed by atoms with E-state index in [4.69, 9.17) is 9.47 Å². The van der Waals surface area contributed by atoms with Gasteiger partial charge in [-0.1, -0.05) is 25.0 Å². The molecule has 1 saturated carbocycles. The van der Waals surface area contributed by atoms with Gasteiger partial charge in [0.15, 0.2) is 5.16 Å². The number of esters is 1. The van der Waals surface area contributed by atoms with E-state index in [1.807, 2.05) is 29.0 Å². The molecule has 282 valence electrons. The molecule has 5 heterocycles. The van der Waals surface area contributed by atoms with Crippen LogP contribution in [0.2, 0.25) is 0 Å². The SMILES string of the molecule is CCOC(=O)[C@@]12C[C@H]1C=CCCCCC[C@H](NC(=O)OC(C)(C)C)C(=O)N1C[C@H](n3ncc(Sc4ncccn4)c(-c4ccsc4)c3=O)C[C@H]1C(=O)N2. The molecule has 53 heavy (non-hydrogen) atoms. The summed E-state index contributed by atoms with van der Waals surface area (Å²) in [6.45, 7) is 7.03. The highest BCUT2D eigenvalue weighted by molar-refractivity contribution is 7.99. The molecule has 6 rings (SSSR count). The van der Waals surface area contributed by atoms with Crippen molar-refractivity contribution >= 4 is 47.0 Å². The molecule has 0 unspecified atom stereocenters. The van der Waals surface area contributed by atoms with Crippen LogP contribution < -0.4 is 16.2 Å². The van der Waals surface area contributed by atoms with E-state index in [0.717, 1.165) is 19.3 Å². The molecular formula is C37H45N7O7S2. The van der Waals surface area contributed by atoms with Gasteiger partial charge in [0.2, 0.25) is 11.8 Å². The Labute approximate surface area is 316 Å². The van der Waals surface area contributed by atoms with E-state index in [9.17, 15) is 24.0 Å². The van der Waals surface area contributed by atoms with Gasteiger partial charge in [0.05, 0.1) is 24.4 Å². The van der Waals surface area contributed by atoms with Gasteiger partial charge >= 0.3 is 12.1 Å². The largest absolute Gasteiger partial charge is 0.464 e. The number of thiophene rings is 1. The number of hydrogen-bond acceptors (Lipinski definition) is 12. The predicted octanol–water partition coefficient (Wildman–Crippen LogP) is 4.91. The van der Waals surface area contributed by atoms with Gasteiger partial charge in [-0.2, -0.15) is 16.4 Å². The third kappa shape index (κ3) is 8.81. The fraction of sp³-hybridized carbons (Fsp3) is 0.514. The first-order valence-electron chi connectivity index (χ1n) is 18.0. The number of allylic oxidation sites excluding steroid dienone is 1. The van der Waals surface area contributed by atoms with E-state index in [2.05, 4.69) is 25.7 Å². The van der Waals surface area contributed by atoms with Gasteiger partial charge in [0.25, 0.3) is 5.56 Å². The third-order valence-electron chi connectivity index (χ3n) is 9.45. The van der Waals surface area contributed by atoms with E-state index in [0.29, 0.717) is 40.4 Å². The fourth-order valence-corrected chi connectivity index (χ4v) is 8.33. The number of ether oxygens (including phenoxy) is 2. The monoisotopic (exact) mass is 763 g/mol. The molecule has 16 heteroatoms. The third-order valence-corrected chi connectivity index (χ3v) is 11.1. The highest BCUT2D eigenvalue weighted by Gasteiger charge is 2.62. The minimum Gasteiger partial charge on any atom is -0.464 e. The predicted molar refractivity (Wildman–Crippen MR) is 198 cm³/mol. The summed E-state index contributed by atoms with van der Waals surface area (Å²) in [5.41, 5.74) is -1.36. The molecule has 2 fully saturated rings. The number of nitrogens with one attached hydrogen (secondary N) is 2. The van der Waals surface area contributed by atoms with E-state index >= 15 is 0 Å². The lowest BCUT2D eigenvalue weighted by Gasteiger charge is -2.30. The van der Waals surface area contributed by atoms with Crippen LogP contribution in [0.5, 0.6) is 0 Å². The second kappa shape index (κ2) is 16.2. The molecular weight excluding hydrogens is 719 g/mol. The number of carbonyl (C=O) groups excluding carboxylic acids is 4. The molecule has 3 aromatic heterocycles. The van der Waals surface area contributed by atoms with E-state index in [-0.39, 0.29) is 25.5 Å². The number of fused-ring (bicyclic) bond motifs is 2. The average Bonchev–Trinajstić information content (AvgIpc) is 3.40. The lowest BCUT2D eigenvalue weighted by atomic mass is 10.0. The standard InChI is InChI=1S/C37H45N7O7S2/c1-5-50-33(48)37-19-24(37)12-9-7-6-8-10-13-26(41-35(49)51-36(2,3)4)31(46)43-21-25(18-27(43)30(45)42-37)44-32(47)29(23-14-17-52-22-23)28(20-40-44)53-34-38-15-11-16-39-34/h9,11-12,14-17,20,22,24-27H,5-8,10,13,18-19,21H2,1-4H3,(H,41,49)(H,42,45)/t24-,25-,26+,27+,37-/m1/s1. The molecule has 0 aromatic carbocycles. The maximum Gasteiger partial charge on any atom is 0.408 e.